The first-order valence-electron chi connectivity index (χ1n) is 3.27. The number of carbonyl (C=O) groups is 1. The van der Waals surface area contributed by atoms with Crippen LogP contribution in [-0.2, 0) is 21.8 Å². The Labute approximate surface area is 74.7 Å². The third kappa shape index (κ3) is 4.44. The molecular formula is C7H13ClOPd. The van der Waals surface area contributed by atoms with Gasteiger partial charge in [-0.05, 0) is 0 Å². The van der Waals surface area contributed by atoms with E-state index in [0.717, 1.165) is 6.42 Å². The molecule has 0 spiro atoms. The van der Waals surface area contributed by atoms with Gasteiger partial charge in [-0.25, -0.2) is 0 Å². The molecule has 0 heterocycles. The average Bonchev–Trinajstić information content (AvgIpc) is 1.81. The second-order valence-corrected chi connectivity index (χ2v) is 4.97. The van der Waals surface area contributed by atoms with Crippen molar-refractivity contribution in [3.05, 3.63) is 0 Å². The molecule has 0 bridgehead atoms. The normalized spacial score (nSPS) is 14.1. The Kier molecular flexibility index (Phi) is 5.63. The molecule has 3 heteroatoms. The monoisotopic (exact) mass is 254 g/mol. The van der Waals surface area contributed by atoms with Gasteiger partial charge < -0.3 is 0 Å². The van der Waals surface area contributed by atoms with Crippen molar-refractivity contribution in [1.29, 1.82) is 0 Å². The molecule has 64 valence electrons. The third-order valence-electron chi connectivity index (χ3n) is 1.16. The molecule has 0 aromatic carbocycles. The molecule has 0 fully saturated rings. The standard InChI is InChI=1S/C7H13O.ClH.Pd/c1-6(2)4-5-7(3)8;;/h5-6H,4H2,1-3H3;1H;/q;;+1/p-1. The summed E-state index contributed by atoms with van der Waals surface area (Å²) in [6.45, 7) is 5.83. The predicted octanol–water partition coefficient (Wildman–Crippen LogP) is 2.65. The molecule has 1 atom stereocenters. The second kappa shape index (κ2) is 5.30. The fourth-order valence-electron chi connectivity index (χ4n) is 0.627. The molecule has 0 radical (unpaired) electrons. The van der Waals surface area contributed by atoms with Gasteiger partial charge >= 0.3 is 74.6 Å². The van der Waals surface area contributed by atoms with Crippen LogP contribution in [0, 0.1) is 5.92 Å². The van der Waals surface area contributed by atoms with Crippen LogP contribution in [0.5, 0.6) is 0 Å². The summed E-state index contributed by atoms with van der Waals surface area (Å²) in [7, 11) is 5.64. The Morgan fingerprint density at radius 1 is 1.60 bits per heavy atom. The van der Waals surface area contributed by atoms with Gasteiger partial charge in [0.05, 0.1) is 0 Å². The van der Waals surface area contributed by atoms with Gasteiger partial charge in [0.15, 0.2) is 0 Å². The van der Waals surface area contributed by atoms with Gasteiger partial charge in [0.2, 0.25) is 0 Å². The molecule has 1 unspecified atom stereocenters. The summed E-state index contributed by atoms with van der Waals surface area (Å²) >= 11 is 0.0678. The summed E-state index contributed by atoms with van der Waals surface area (Å²) in [5.41, 5.74) is 0. The van der Waals surface area contributed by atoms with E-state index in [0.29, 0.717) is 5.92 Å². The Bertz CT molecular complexity index is 114. The summed E-state index contributed by atoms with van der Waals surface area (Å²) in [5, 5.41) is 0. The van der Waals surface area contributed by atoms with E-state index < -0.39 is 0 Å². The van der Waals surface area contributed by atoms with E-state index >= 15 is 0 Å². The Balaban J connectivity index is 3.72. The van der Waals surface area contributed by atoms with Crippen molar-refractivity contribution in [2.24, 2.45) is 5.92 Å². The zero-order valence-electron chi connectivity index (χ0n) is 6.46. The van der Waals surface area contributed by atoms with Gasteiger partial charge in [-0.1, -0.05) is 0 Å². The van der Waals surface area contributed by atoms with Gasteiger partial charge in [-0.15, -0.1) is 0 Å². The minimum absolute atomic E-state index is 0.0678. The van der Waals surface area contributed by atoms with E-state index in [1.54, 1.807) is 6.92 Å². The summed E-state index contributed by atoms with van der Waals surface area (Å²) in [6, 6.07) is 0. The van der Waals surface area contributed by atoms with Crippen LogP contribution in [0.3, 0.4) is 0 Å². The number of halogens is 1. The fraction of sp³-hybridized carbons (Fsp3) is 0.857. The zero-order valence-corrected chi connectivity index (χ0v) is 8.77. The van der Waals surface area contributed by atoms with Crippen LogP contribution < -0.4 is 0 Å². The molecule has 0 aromatic rings. The molecule has 10 heavy (non-hydrogen) atoms. The maximum atomic E-state index is 10.8. The molecule has 0 rings (SSSR count). The summed E-state index contributed by atoms with van der Waals surface area (Å²) in [4.78, 5) is 10.8. The van der Waals surface area contributed by atoms with Crippen molar-refractivity contribution in [2.45, 2.75) is 31.6 Å². The van der Waals surface area contributed by atoms with E-state index in [4.69, 9.17) is 9.53 Å². The van der Waals surface area contributed by atoms with Crippen molar-refractivity contribution in [3.8, 4) is 0 Å². The van der Waals surface area contributed by atoms with Crippen LogP contribution >= 0.6 is 9.53 Å². The molecule has 0 saturated carbocycles. The molecule has 0 N–H and O–H groups in total. The van der Waals surface area contributed by atoms with E-state index in [2.05, 4.69) is 13.8 Å². The van der Waals surface area contributed by atoms with Crippen LogP contribution in [0.4, 0.5) is 0 Å². The zero-order chi connectivity index (χ0) is 8.15. The minimum atomic E-state index is 0.0678. The molecule has 1 nitrogen and oxygen atoms in total. The molecule has 0 amide bonds. The number of carbonyl (C=O) groups excluding carboxylic acids is 1. The van der Waals surface area contributed by atoms with Gasteiger partial charge in [0.25, 0.3) is 0 Å². The van der Waals surface area contributed by atoms with Gasteiger partial charge in [0.1, 0.15) is 0 Å². The van der Waals surface area contributed by atoms with E-state index in [1.165, 1.54) is 0 Å². The van der Waals surface area contributed by atoms with Crippen LogP contribution in [0.1, 0.15) is 27.2 Å². The van der Waals surface area contributed by atoms with Crippen LogP contribution in [0.2, 0.25) is 4.39 Å². The Morgan fingerprint density at radius 2 is 2.10 bits per heavy atom. The van der Waals surface area contributed by atoms with Crippen molar-refractivity contribution < 1.29 is 21.8 Å². The molecule has 0 aromatic heterocycles. The number of hydrogen-bond acceptors (Lipinski definition) is 1. The topological polar surface area (TPSA) is 17.1 Å². The third-order valence-corrected chi connectivity index (χ3v) is 3.56. The van der Waals surface area contributed by atoms with Crippen LogP contribution in [0.15, 0.2) is 0 Å². The maximum absolute atomic E-state index is 10.8. The molecule has 0 aliphatic carbocycles. The number of rotatable bonds is 4. The first-order chi connectivity index (χ1) is 4.57. The molecule has 0 aliphatic heterocycles. The summed E-state index contributed by atoms with van der Waals surface area (Å²) in [5.74, 6) is 0.809. The predicted molar refractivity (Wildman–Crippen MR) is 39.7 cm³/mol. The fourth-order valence-corrected chi connectivity index (χ4v) is 2.65. The number of hydrogen-bond donors (Lipinski definition) is 0. The van der Waals surface area contributed by atoms with Crippen molar-refractivity contribution in [1.82, 2.24) is 0 Å². The SMILES string of the molecule is CC(=O)[CH](CC(C)C)[Pd][Cl]. The Hall–Kier alpha value is 0.622. The number of ketones is 1. The van der Waals surface area contributed by atoms with Crippen LogP contribution in [0.25, 0.3) is 0 Å². The summed E-state index contributed by atoms with van der Waals surface area (Å²) < 4.78 is 0.121. The average molecular weight is 255 g/mol. The van der Waals surface area contributed by atoms with Crippen molar-refractivity contribution in [3.63, 3.8) is 0 Å². The number of Topliss-reactive ketones (excluding diaryl/α,β-unsaturated/α-hetero) is 1. The van der Waals surface area contributed by atoms with E-state index in [-0.39, 0.29) is 27.1 Å². The van der Waals surface area contributed by atoms with Gasteiger partial charge in [-0.3, -0.25) is 0 Å². The quantitative estimate of drug-likeness (QED) is 0.706. The molecule has 0 aliphatic rings. The van der Waals surface area contributed by atoms with Crippen LogP contribution in [-0.4, -0.2) is 5.78 Å². The van der Waals surface area contributed by atoms with Crippen molar-refractivity contribution >= 4 is 15.3 Å². The molecular weight excluding hydrogens is 242 g/mol. The van der Waals surface area contributed by atoms with Gasteiger partial charge in [0, 0.05) is 0 Å². The second-order valence-electron chi connectivity index (χ2n) is 2.73. The van der Waals surface area contributed by atoms with Crippen molar-refractivity contribution in [2.75, 3.05) is 0 Å². The summed E-state index contributed by atoms with van der Waals surface area (Å²) in [6.07, 6.45) is 0.938. The van der Waals surface area contributed by atoms with E-state index in [9.17, 15) is 4.79 Å². The first-order valence-corrected chi connectivity index (χ1v) is 6.17. The first kappa shape index (κ1) is 10.6. The molecule has 0 saturated heterocycles. The van der Waals surface area contributed by atoms with E-state index in [1.807, 2.05) is 0 Å². The Morgan fingerprint density at radius 3 is 2.20 bits per heavy atom. The van der Waals surface area contributed by atoms with Gasteiger partial charge in [-0.2, -0.15) is 0 Å².